The quantitative estimate of drug-likeness (QED) is 0.631. The molecule has 1 aliphatic rings. The minimum absolute atomic E-state index is 0.0622. The van der Waals surface area contributed by atoms with Crippen molar-refractivity contribution in [1.82, 2.24) is 9.97 Å². The van der Waals surface area contributed by atoms with Crippen molar-refractivity contribution in [1.29, 1.82) is 0 Å². The summed E-state index contributed by atoms with van der Waals surface area (Å²) >= 11 is 1.46. The van der Waals surface area contributed by atoms with Crippen molar-refractivity contribution in [2.75, 3.05) is 34.9 Å². The molecule has 0 aromatic carbocycles. The van der Waals surface area contributed by atoms with Gasteiger partial charge in [-0.15, -0.1) is 0 Å². The highest BCUT2D eigenvalue weighted by molar-refractivity contribution is 7.98. The largest absolute Gasteiger partial charge is 0.370 e. The van der Waals surface area contributed by atoms with Crippen molar-refractivity contribution in [3.63, 3.8) is 0 Å². The van der Waals surface area contributed by atoms with Gasteiger partial charge in [-0.05, 0) is 26.0 Å². The van der Waals surface area contributed by atoms with Crippen LogP contribution in [0.3, 0.4) is 0 Å². The maximum atomic E-state index is 11.7. The minimum atomic E-state index is -2.91. The molecular weight excluding hydrogens is 296 g/mol. The number of thioether (sulfide) groups is 1. The number of nitrogens with one attached hydrogen (secondary N) is 2. The van der Waals surface area contributed by atoms with Gasteiger partial charge in [-0.3, -0.25) is 0 Å². The van der Waals surface area contributed by atoms with Gasteiger partial charge < -0.3 is 10.6 Å². The van der Waals surface area contributed by atoms with Crippen LogP contribution in [0.1, 0.15) is 19.8 Å². The maximum Gasteiger partial charge on any atom is 0.191 e. The third kappa shape index (κ3) is 4.24. The van der Waals surface area contributed by atoms with E-state index in [-0.39, 0.29) is 11.8 Å². The predicted molar refractivity (Wildman–Crippen MR) is 83.3 cm³/mol. The summed E-state index contributed by atoms with van der Waals surface area (Å²) in [4.78, 5) is 8.73. The highest BCUT2D eigenvalue weighted by atomic mass is 32.2. The van der Waals surface area contributed by atoms with E-state index in [1.807, 2.05) is 19.2 Å². The van der Waals surface area contributed by atoms with Gasteiger partial charge >= 0.3 is 0 Å². The molecule has 1 aromatic rings. The summed E-state index contributed by atoms with van der Waals surface area (Å²) in [5.41, 5.74) is 0. The molecular formula is C12H20N4O2S2. The fraction of sp³-hybridized carbons (Fsp3) is 0.667. The van der Waals surface area contributed by atoms with Gasteiger partial charge in [0.15, 0.2) is 15.0 Å². The van der Waals surface area contributed by atoms with E-state index in [4.69, 9.17) is 0 Å². The van der Waals surface area contributed by atoms with Gasteiger partial charge in [0.05, 0.1) is 11.5 Å². The minimum Gasteiger partial charge on any atom is -0.370 e. The maximum absolute atomic E-state index is 11.7. The summed E-state index contributed by atoms with van der Waals surface area (Å²) in [5, 5.41) is 7.05. The Morgan fingerprint density at radius 2 is 2.15 bits per heavy atom. The summed E-state index contributed by atoms with van der Waals surface area (Å²) < 4.78 is 23.3. The van der Waals surface area contributed by atoms with Crippen LogP contribution in [0.25, 0.3) is 0 Å². The van der Waals surface area contributed by atoms with Gasteiger partial charge in [-0.1, -0.05) is 11.8 Å². The SMILES string of the molecule is CCNc1cc(NC2CCCS(=O)(=O)C2)nc(SC)n1. The number of hydrogen-bond acceptors (Lipinski definition) is 7. The smallest absolute Gasteiger partial charge is 0.191 e. The first-order chi connectivity index (χ1) is 9.52. The van der Waals surface area contributed by atoms with Gasteiger partial charge in [0.25, 0.3) is 0 Å². The fourth-order valence-corrected chi connectivity index (χ4v) is 4.22. The number of rotatable bonds is 5. The van der Waals surface area contributed by atoms with E-state index in [1.54, 1.807) is 0 Å². The summed E-state index contributed by atoms with van der Waals surface area (Å²) in [6, 6.07) is 1.76. The zero-order chi connectivity index (χ0) is 14.6. The number of nitrogens with zero attached hydrogens (tertiary/aromatic N) is 2. The van der Waals surface area contributed by atoms with Crippen LogP contribution in [-0.2, 0) is 9.84 Å². The van der Waals surface area contributed by atoms with Gasteiger partial charge in [0.1, 0.15) is 11.6 Å². The van der Waals surface area contributed by atoms with Gasteiger partial charge in [0, 0.05) is 18.7 Å². The van der Waals surface area contributed by atoms with Gasteiger partial charge in [-0.25, -0.2) is 18.4 Å². The molecule has 0 aliphatic carbocycles. The summed E-state index contributed by atoms with van der Waals surface area (Å²) in [7, 11) is -2.91. The van der Waals surface area contributed by atoms with Gasteiger partial charge in [0.2, 0.25) is 0 Å². The first-order valence-electron chi connectivity index (χ1n) is 6.66. The lowest BCUT2D eigenvalue weighted by Crippen LogP contribution is -2.35. The second-order valence-corrected chi connectivity index (χ2v) is 7.76. The molecule has 1 fully saturated rings. The molecule has 6 nitrogen and oxygen atoms in total. The highest BCUT2D eigenvalue weighted by Crippen LogP contribution is 2.20. The molecule has 1 aromatic heterocycles. The lowest BCUT2D eigenvalue weighted by molar-refractivity contribution is 0.561. The van der Waals surface area contributed by atoms with Gasteiger partial charge in [-0.2, -0.15) is 0 Å². The average molecular weight is 316 g/mol. The lowest BCUT2D eigenvalue weighted by atomic mass is 10.2. The van der Waals surface area contributed by atoms with E-state index in [0.717, 1.165) is 18.8 Å². The zero-order valence-corrected chi connectivity index (χ0v) is 13.4. The standard InChI is InChI=1S/C12H20N4O2S2/c1-3-13-10-7-11(16-12(15-10)19-2)14-9-5-4-6-20(17,18)8-9/h7,9H,3-6,8H2,1-2H3,(H2,13,14,15,16). The lowest BCUT2D eigenvalue weighted by Gasteiger charge is -2.23. The molecule has 1 unspecified atom stereocenters. The Balaban J connectivity index is 2.13. The van der Waals surface area contributed by atoms with Crippen molar-refractivity contribution in [2.45, 2.75) is 31.0 Å². The van der Waals surface area contributed by atoms with Crippen LogP contribution < -0.4 is 10.6 Å². The van der Waals surface area contributed by atoms with Crippen molar-refractivity contribution in [2.24, 2.45) is 0 Å². The number of hydrogen-bond donors (Lipinski definition) is 2. The molecule has 0 amide bonds. The molecule has 1 saturated heterocycles. The number of aromatic nitrogens is 2. The molecule has 0 radical (unpaired) electrons. The van der Waals surface area contributed by atoms with E-state index in [9.17, 15) is 8.42 Å². The molecule has 0 bridgehead atoms. The van der Waals surface area contributed by atoms with Crippen LogP contribution >= 0.6 is 11.8 Å². The normalized spacial score (nSPS) is 21.4. The van der Waals surface area contributed by atoms with Crippen molar-refractivity contribution in [3.05, 3.63) is 6.07 Å². The second kappa shape index (κ2) is 6.62. The Hall–Kier alpha value is -1.02. The Bertz CT molecular complexity index is 563. The third-order valence-electron chi connectivity index (χ3n) is 3.06. The van der Waals surface area contributed by atoms with Crippen LogP contribution in [-0.4, -0.2) is 48.7 Å². The van der Waals surface area contributed by atoms with Crippen LogP contribution in [0, 0.1) is 0 Å². The molecule has 20 heavy (non-hydrogen) atoms. The number of anilines is 2. The monoisotopic (exact) mass is 316 g/mol. The summed E-state index contributed by atoms with van der Waals surface area (Å²) in [6.07, 6.45) is 3.48. The second-order valence-electron chi connectivity index (χ2n) is 4.75. The molecule has 8 heteroatoms. The Morgan fingerprint density at radius 1 is 1.40 bits per heavy atom. The molecule has 0 saturated carbocycles. The molecule has 1 aliphatic heterocycles. The highest BCUT2D eigenvalue weighted by Gasteiger charge is 2.25. The average Bonchev–Trinajstić information content (AvgIpc) is 2.37. The predicted octanol–water partition coefficient (Wildman–Crippen LogP) is 1.62. The van der Waals surface area contributed by atoms with Crippen LogP contribution in [0.5, 0.6) is 0 Å². The Morgan fingerprint density at radius 3 is 2.80 bits per heavy atom. The topological polar surface area (TPSA) is 84.0 Å². The van der Waals surface area contributed by atoms with E-state index >= 15 is 0 Å². The van der Waals surface area contributed by atoms with Crippen LogP contribution in [0.4, 0.5) is 11.6 Å². The molecule has 2 rings (SSSR count). The Kier molecular flexibility index (Phi) is 5.09. The van der Waals surface area contributed by atoms with Crippen LogP contribution in [0.15, 0.2) is 11.2 Å². The van der Waals surface area contributed by atoms with Crippen molar-refractivity contribution >= 4 is 33.2 Å². The van der Waals surface area contributed by atoms with Crippen molar-refractivity contribution < 1.29 is 8.42 Å². The molecule has 2 N–H and O–H groups in total. The first kappa shape index (κ1) is 15.4. The molecule has 2 heterocycles. The van der Waals surface area contributed by atoms with E-state index in [0.29, 0.717) is 23.1 Å². The van der Waals surface area contributed by atoms with E-state index < -0.39 is 9.84 Å². The Labute approximate surface area is 124 Å². The summed E-state index contributed by atoms with van der Waals surface area (Å²) in [6.45, 7) is 2.78. The zero-order valence-electron chi connectivity index (χ0n) is 11.7. The molecule has 1 atom stereocenters. The van der Waals surface area contributed by atoms with E-state index in [2.05, 4.69) is 20.6 Å². The van der Waals surface area contributed by atoms with E-state index in [1.165, 1.54) is 11.8 Å². The molecule has 0 spiro atoms. The molecule has 112 valence electrons. The number of sulfone groups is 1. The van der Waals surface area contributed by atoms with Crippen LogP contribution in [0.2, 0.25) is 0 Å². The summed E-state index contributed by atoms with van der Waals surface area (Å²) in [5.74, 6) is 1.92. The van der Waals surface area contributed by atoms with Crippen molar-refractivity contribution in [3.8, 4) is 0 Å². The first-order valence-corrected chi connectivity index (χ1v) is 9.71. The third-order valence-corrected chi connectivity index (χ3v) is 5.43. The fourth-order valence-electron chi connectivity index (χ4n) is 2.21.